The fourth-order valence-electron chi connectivity index (χ4n) is 4.11. The summed E-state index contributed by atoms with van der Waals surface area (Å²) in [5, 5.41) is 0.593. The highest BCUT2D eigenvalue weighted by Gasteiger charge is 2.55. The summed E-state index contributed by atoms with van der Waals surface area (Å²) in [4.78, 5) is 32.2. The lowest BCUT2D eigenvalue weighted by Crippen LogP contribution is -2.60. The molecule has 2 heterocycles. The number of β-lactam (4-membered cyclic amide) rings is 1. The minimum absolute atomic E-state index is 0.0202. The molecular formula is C28H22N2O3S. The van der Waals surface area contributed by atoms with Crippen LogP contribution in [0.15, 0.2) is 114 Å². The first-order valence-electron chi connectivity index (χ1n) is 11.0. The molecular weight excluding hydrogens is 444 g/mol. The number of hydrogen-bond donors (Lipinski definition) is 0. The molecule has 6 heteroatoms. The van der Waals surface area contributed by atoms with Crippen molar-refractivity contribution in [2.75, 3.05) is 0 Å². The van der Waals surface area contributed by atoms with Crippen LogP contribution >= 0.6 is 11.8 Å². The standard InChI is InChI=1S/C28H22N2O3S/c1-2-22(28(32)33-25(20-14-8-4-9-15-20)21-16-10-5-11-17-21)30-26(31)24-27(30)34-23(29-24)18-19-12-6-3-7-13-19/h3-17,24-25,27H,1,18H2. The molecule has 0 bridgehead atoms. The maximum absolute atomic E-state index is 13.3. The summed E-state index contributed by atoms with van der Waals surface area (Å²) in [7, 11) is 0. The van der Waals surface area contributed by atoms with E-state index in [1.807, 2.05) is 91.0 Å². The SMILES string of the molecule is C=C=C(C(=O)OC(c1ccccc1)c1ccccc1)N1C(=O)C2N=C(Cc3ccccc3)SC21. The molecule has 2 aliphatic heterocycles. The molecule has 0 N–H and O–H groups in total. The summed E-state index contributed by atoms with van der Waals surface area (Å²) in [6.07, 6.45) is 0.0351. The molecule has 0 spiro atoms. The van der Waals surface area contributed by atoms with Gasteiger partial charge in [-0.3, -0.25) is 14.7 Å². The van der Waals surface area contributed by atoms with Gasteiger partial charge in [0.1, 0.15) is 5.37 Å². The van der Waals surface area contributed by atoms with Crippen molar-refractivity contribution in [3.8, 4) is 0 Å². The van der Waals surface area contributed by atoms with E-state index in [-0.39, 0.29) is 17.0 Å². The Bertz CT molecular complexity index is 1250. The monoisotopic (exact) mass is 466 g/mol. The van der Waals surface area contributed by atoms with Crippen LogP contribution in [0.25, 0.3) is 0 Å². The van der Waals surface area contributed by atoms with Gasteiger partial charge in [0.05, 0.1) is 5.04 Å². The Kier molecular flexibility index (Phi) is 6.17. The molecule has 5 rings (SSSR count). The maximum atomic E-state index is 13.3. The van der Waals surface area contributed by atoms with E-state index >= 15 is 0 Å². The molecule has 34 heavy (non-hydrogen) atoms. The average molecular weight is 467 g/mol. The lowest BCUT2D eigenvalue weighted by atomic mass is 10.0. The summed E-state index contributed by atoms with van der Waals surface area (Å²) in [6, 6.07) is 28.5. The number of carbonyl (C=O) groups is 2. The predicted octanol–water partition coefficient (Wildman–Crippen LogP) is 4.91. The molecule has 3 aromatic carbocycles. The van der Waals surface area contributed by atoms with Crippen LogP contribution < -0.4 is 0 Å². The number of ether oxygens (including phenoxy) is 1. The third-order valence-corrected chi connectivity index (χ3v) is 7.02. The zero-order chi connectivity index (χ0) is 23.5. The molecule has 0 aromatic heterocycles. The normalized spacial score (nSPS) is 18.6. The van der Waals surface area contributed by atoms with Crippen molar-refractivity contribution >= 4 is 28.7 Å². The second-order valence-corrected chi connectivity index (χ2v) is 9.17. The van der Waals surface area contributed by atoms with Crippen molar-refractivity contribution in [2.24, 2.45) is 4.99 Å². The van der Waals surface area contributed by atoms with Crippen molar-refractivity contribution in [1.29, 1.82) is 0 Å². The average Bonchev–Trinajstić information content (AvgIpc) is 3.25. The molecule has 0 radical (unpaired) electrons. The van der Waals surface area contributed by atoms with Crippen molar-refractivity contribution in [2.45, 2.75) is 23.9 Å². The Morgan fingerprint density at radius 2 is 1.53 bits per heavy atom. The Morgan fingerprint density at radius 3 is 2.09 bits per heavy atom. The number of likely N-dealkylation sites (tertiary alicyclic amines) is 1. The van der Waals surface area contributed by atoms with Crippen molar-refractivity contribution in [3.63, 3.8) is 0 Å². The Hall–Kier alpha value is -3.86. The largest absolute Gasteiger partial charge is 0.447 e. The van der Waals surface area contributed by atoms with Crippen LogP contribution in [0.1, 0.15) is 22.8 Å². The van der Waals surface area contributed by atoms with Gasteiger partial charge in [0.25, 0.3) is 5.91 Å². The number of hydrogen-bond acceptors (Lipinski definition) is 5. The zero-order valence-electron chi connectivity index (χ0n) is 18.3. The van der Waals surface area contributed by atoms with Crippen LogP contribution in [-0.4, -0.2) is 33.2 Å². The molecule has 0 aliphatic carbocycles. The number of thioether (sulfide) groups is 1. The molecule has 1 amide bonds. The van der Waals surface area contributed by atoms with Gasteiger partial charge in [-0.15, -0.1) is 0 Å². The second-order valence-electron chi connectivity index (χ2n) is 7.98. The summed E-state index contributed by atoms with van der Waals surface area (Å²) in [6.45, 7) is 3.67. The number of rotatable bonds is 7. The minimum Gasteiger partial charge on any atom is -0.447 e. The van der Waals surface area contributed by atoms with E-state index in [0.29, 0.717) is 6.42 Å². The molecule has 5 nitrogen and oxygen atoms in total. The summed E-state index contributed by atoms with van der Waals surface area (Å²) >= 11 is 1.50. The quantitative estimate of drug-likeness (QED) is 0.215. The lowest BCUT2D eigenvalue weighted by molar-refractivity contribution is -0.152. The van der Waals surface area contributed by atoms with Gasteiger partial charge < -0.3 is 4.74 Å². The smallest absolute Gasteiger partial charge is 0.364 e. The number of esters is 1. The number of nitrogens with zero attached hydrogens (tertiary/aromatic N) is 2. The van der Waals surface area contributed by atoms with Gasteiger partial charge in [0, 0.05) is 6.42 Å². The van der Waals surface area contributed by atoms with E-state index in [0.717, 1.165) is 21.7 Å². The molecule has 2 atom stereocenters. The van der Waals surface area contributed by atoms with E-state index in [1.54, 1.807) is 0 Å². The molecule has 1 saturated heterocycles. The predicted molar refractivity (Wildman–Crippen MR) is 133 cm³/mol. The van der Waals surface area contributed by atoms with Crippen LogP contribution in [0.4, 0.5) is 0 Å². The topological polar surface area (TPSA) is 59.0 Å². The van der Waals surface area contributed by atoms with Gasteiger partial charge in [-0.05, 0) is 16.7 Å². The minimum atomic E-state index is -0.642. The van der Waals surface area contributed by atoms with Crippen LogP contribution in [0.3, 0.4) is 0 Å². The van der Waals surface area contributed by atoms with Gasteiger partial charge in [-0.1, -0.05) is 115 Å². The third kappa shape index (κ3) is 4.21. The highest BCUT2D eigenvalue weighted by molar-refractivity contribution is 8.14. The first kappa shape index (κ1) is 22.0. The van der Waals surface area contributed by atoms with E-state index < -0.39 is 18.1 Å². The van der Waals surface area contributed by atoms with Crippen molar-refractivity contribution in [3.05, 3.63) is 126 Å². The van der Waals surface area contributed by atoms with Crippen LogP contribution in [0.2, 0.25) is 0 Å². The lowest BCUT2D eigenvalue weighted by Gasteiger charge is -2.40. The number of aliphatic imine (C=N–C) groups is 1. The van der Waals surface area contributed by atoms with E-state index in [4.69, 9.17) is 4.74 Å². The summed E-state index contributed by atoms with van der Waals surface area (Å²) < 4.78 is 5.93. The van der Waals surface area contributed by atoms with Crippen LogP contribution in [0, 0.1) is 0 Å². The van der Waals surface area contributed by atoms with E-state index in [9.17, 15) is 9.59 Å². The van der Waals surface area contributed by atoms with E-state index in [1.165, 1.54) is 16.7 Å². The van der Waals surface area contributed by atoms with Crippen LogP contribution in [-0.2, 0) is 20.7 Å². The van der Waals surface area contributed by atoms with Gasteiger partial charge >= 0.3 is 5.97 Å². The molecule has 0 saturated carbocycles. The molecule has 168 valence electrons. The number of amides is 1. The summed E-state index contributed by atoms with van der Waals surface area (Å²) in [5.41, 5.74) is 5.47. The molecule has 1 fully saturated rings. The van der Waals surface area contributed by atoms with Gasteiger partial charge in [0.15, 0.2) is 17.8 Å². The first-order chi connectivity index (χ1) is 16.7. The Labute approximate surface area is 202 Å². The second kappa shape index (κ2) is 9.56. The zero-order valence-corrected chi connectivity index (χ0v) is 19.2. The summed E-state index contributed by atoms with van der Waals surface area (Å²) in [5.74, 6) is -0.878. The number of fused-ring (bicyclic) bond motifs is 1. The van der Waals surface area contributed by atoms with Gasteiger partial charge in [-0.2, -0.15) is 0 Å². The maximum Gasteiger partial charge on any atom is 0.364 e. The molecule has 3 aromatic rings. The number of carbonyl (C=O) groups excluding carboxylic acids is 2. The van der Waals surface area contributed by atoms with Crippen molar-refractivity contribution < 1.29 is 14.3 Å². The van der Waals surface area contributed by atoms with Crippen molar-refractivity contribution in [1.82, 2.24) is 4.90 Å². The molecule has 2 aliphatic rings. The van der Waals surface area contributed by atoms with Gasteiger partial charge in [0.2, 0.25) is 0 Å². The molecule has 2 unspecified atom stereocenters. The number of benzene rings is 3. The Balaban J connectivity index is 1.33. The Morgan fingerprint density at radius 1 is 0.971 bits per heavy atom. The fraction of sp³-hybridized carbons (Fsp3) is 0.143. The highest BCUT2D eigenvalue weighted by Crippen LogP contribution is 2.42. The third-order valence-electron chi connectivity index (χ3n) is 5.78. The first-order valence-corrected chi connectivity index (χ1v) is 11.8. The highest BCUT2D eigenvalue weighted by atomic mass is 32.2. The van der Waals surface area contributed by atoms with Gasteiger partial charge in [-0.25, -0.2) is 4.79 Å². The van der Waals surface area contributed by atoms with Crippen LogP contribution in [0.5, 0.6) is 0 Å². The fourth-order valence-corrected chi connectivity index (χ4v) is 5.43. The van der Waals surface area contributed by atoms with E-state index in [2.05, 4.69) is 17.3 Å².